The van der Waals surface area contributed by atoms with Crippen LogP contribution in [0, 0.1) is 0 Å². The molecule has 138 valence electrons. The van der Waals surface area contributed by atoms with Crippen molar-refractivity contribution in [2.45, 2.75) is 43.8 Å². The molecule has 1 aromatic rings. The summed E-state index contributed by atoms with van der Waals surface area (Å²) in [5.41, 5.74) is -1.90. The van der Waals surface area contributed by atoms with Crippen LogP contribution in [0.1, 0.15) is 25.6 Å². The number of H-pyrrole nitrogens is 1. The van der Waals surface area contributed by atoms with Gasteiger partial charge in [-0.3, -0.25) is 23.9 Å². The molecule has 9 nitrogen and oxygen atoms in total. The molecule has 0 radical (unpaired) electrons. The van der Waals surface area contributed by atoms with Crippen LogP contribution in [-0.2, 0) is 30.5 Å². The van der Waals surface area contributed by atoms with Crippen LogP contribution < -0.4 is 11.2 Å². The second kappa shape index (κ2) is 7.91. The number of hydrogen-bond acceptors (Lipinski definition) is 7. The Hall–Kier alpha value is -2.01. The molecule has 11 heteroatoms. The summed E-state index contributed by atoms with van der Waals surface area (Å²) < 4.78 is 29.6. The highest BCUT2D eigenvalue weighted by Crippen LogP contribution is 2.36. The maximum absolute atomic E-state index is 12.9. The van der Waals surface area contributed by atoms with Crippen molar-refractivity contribution < 1.29 is 28.2 Å². The van der Waals surface area contributed by atoms with Crippen molar-refractivity contribution >= 4 is 27.9 Å². The number of rotatable bonds is 5. The third-order valence-electron chi connectivity index (χ3n) is 3.48. The minimum atomic E-state index is -1.07. The average molecular weight is 423 g/mol. The molecule has 0 bridgehead atoms. The van der Waals surface area contributed by atoms with E-state index in [9.17, 15) is 23.6 Å². The van der Waals surface area contributed by atoms with Gasteiger partial charge in [-0.15, -0.1) is 0 Å². The quantitative estimate of drug-likeness (QED) is 0.530. The molecule has 0 aliphatic carbocycles. The molecule has 25 heavy (non-hydrogen) atoms. The molecular weight excluding hydrogens is 407 g/mol. The molecular formula is C14H16BrFN2O7. The van der Waals surface area contributed by atoms with Crippen LogP contribution in [0.25, 0.3) is 0 Å². The summed E-state index contributed by atoms with van der Waals surface area (Å²) in [6.45, 7) is 1.13. The summed E-state index contributed by atoms with van der Waals surface area (Å²) in [6, 6.07) is 0. The Kier molecular flexibility index (Phi) is 6.11. The molecule has 1 fully saturated rings. The number of carbonyl (C=O) groups is 2. The van der Waals surface area contributed by atoms with Crippen LogP contribution in [0.4, 0.5) is 4.39 Å². The van der Waals surface area contributed by atoms with Crippen LogP contribution in [-0.4, -0.2) is 45.1 Å². The maximum Gasteiger partial charge on any atom is 0.330 e. The van der Waals surface area contributed by atoms with E-state index in [4.69, 9.17) is 14.2 Å². The van der Waals surface area contributed by atoms with E-state index in [1.54, 1.807) is 0 Å². The Morgan fingerprint density at radius 3 is 2.60 bits per heavy atom. The summed E-state index contributed by atoms with van der Waals surface area (Å²) in [5, 5.41) is 0. The van der Waals surface area contributed by atoms with Gasteiger partial charge in [0, 0.05) is 20.0 Å². The van der Waals surface area contributed by atoms with Gasteiger partial charge in [0.15, 0.2) is 6.23 Å². The van der Waals surface area contributed by atoms with E-state index >= 15 is 0 Å². The van der Waals surface area contributed by atoms with Crippen molar-refractivity contribution in [2.75, 3.05) is 6.61 Å². The monoisotopic (exact) mass is 422 g/mol. The first-order valence-electron chi connectivity index (χ1n) is 7.25. The number of esters is 2. The van der Waals surface area contributed by atoms with E-state index in [2.05, 4.69) is 15.9 Å². The van der Waals surface area contributed by atoms with Crippen molar-refractivity contribution in [3.8, 4) is 0 Å². The third-order valence-corrected chi connectivity index (χ3v) is 4.45. The lowest BCUT2D eigenvalue weighted by molar-refractivity contribution is -0.155. The number of ether oxygens (including phenoxy) is 3. The molecule has 4 atom stereocenters. The molecule has 1 aliphatic heterocycles. The van der Waals surface area contributed by atoms with Crippen molar-refractivity contribution in [2.24, 2.45) is 0 Å². The second-order valence-electron chi connectivity index (χ2n) is 5.34. The van der Waals surface area contributed by atoms with Gasteiger partial charge >= 0.3 is 17.6 Å². The zero-order valence-corrected chi connectivity index (χ0v) is 14.9. The fourth-order valence-electron chi connectivity index (χ4n) is 2.40. The van der Waals surface area contributed by atoms with Gasteiger partial charge in [0.2, 0.25) is 0 Å². The Morgan fingerprint density at radius 1 is 1.36 bits per heavy atom. The van der Waals surface area contributed by atoms with E-state index in [0.717, 1.165) is 10.8 Å². The smallest absolute Gasteiger partial charge is 0.330 e. The minimum Gasteiger partial charge on any atom is -0.463 e. The molecule has 2 unspecified atom stereocenters. The number of nitrogens with zero attached hydrogens (tertiary/aromatic N) is 1. The molecule has 1 N–H and O–H groups in total. The van der Waals surface area contributed by atoms with Crippen molar-refractivity contribution in [3.05, 3.63) is 32.6 Å². The van der Waals surface area contributed by atoms with Crippen LogP contribution in [0.15, 0.2) is 15.8 Å². The molecule has 0 aromatic carbocycles. The molecule has 1 saturated heterocycles. The van der Waals surface area contributed by atoms with Crippen molar-refractivity contribution in [1.82, 2.24) is 9.55 Å². The predicted octanol–water partition coefficient (Wildman–Crippen LogP) is 0.162. The molecule has 1 aromatic heterocycles. The molecule has 1 aliphatic rings. The summed E-state index contributed by atoms with van der Waals surface area (Å²) in [4.78, 5) is 47.1. The Balaban J connectivity index is 2.35. The number of nitrogens with one attached hydrogen (secondary N) is 1. The second-order valence-corrected chi connectivity index (χ2v) is 6.40. The van der Waals surface area contributed by atoms with Gasteiger partial charge in [-0.25, -0.2) is 9.18 Å². The number of halogens is 2. The van der Waals surface area contributed by atoms with Crippen molar-refractivity contribution in [3.63, 3.8) is 0 Å². The molecule has 0 saturated carbocycles. The number of hydrogen-bond donors (Lipinski definition) is 1. The fraction of sp³-hybridized carbons (Fsp3) is 0.571. The Bertz CT molecular complexity index is 777. The van der Waals surface area contributed by atoms with E-state index < -0.39 is 53.1 Å². The number of aromatic nitrogens is 2. The highest BCUT2D eigenvalue weighted by Gasteiger charge is 2.47. The summed E-state index contributed by atoms with van der Waals surface area (Å²) in [5.74, 6) is -1.15. The van der Waals surface area contributed by atoms with Crippen LogP contribution in [0.2, 0.25) is 0 Å². The van der Waals surface area contributed by atoms with E-state index in [-0.39, 0.29) is 12.2 Å². The molecule has 0 amide bonds. The lowest BCUT2D eigenvalue weighted by Gasteiger charge is -2.19. The maximum atomic E-state index is 12.9. The lowest BCUT2D eigenvalue weighted by atomic mass is 10.2. The van der Waals surface area contributed by atoms with Crippen LogP contribution in [0.5, 0.6) is 0 Å². The summed E-state index contributed by atoms with van der Waals surface area (Å²) >= 11 is 3.29. The predicted molar refractivity (Wildman–Crippen MR) is 84.9 cm³/mol. The van der Waals surface area contributed by atoms with Gasteiger partial charge in [0.25, 0.3) is 5.56 Å². The van der Waals surface area contributed by atoms with Gasteiger partial charge in [0.05, 0.1) is 10.4 Å². The molecule has 2 rings (SSSR count). The zero-order valence-electron chi connectivity index (χ0n) is 13.4. The largest absolute Gasteiger partial charge is 0.463 e. The van der Waals surface area contributed by atoms with E-state index in [1.165, 1.54) is 13.8 Å². The standard InChI is InChI=1S/C14H16BrFN2O7/c1-6(19)23-5-9-11(24-7(2)20)10(15)13(25-9)18-4-8(3-16)12(21)17-14(18)22/h4,9-11,13H,3,5H2,1-2H3,(H,17,21,22)/t9-,10?,11?,13-/m0/s1. The minimum absolute atomic E-state index is 0.208. The van der Waals surface area contributed by atoms with Crippen molar-refractivity contribution in [1.29, 1.82) is 0 Å². The average Bonchev–Trinajstić information content (AvgIpc) is 2.82. The first-order chi connectivity index (χ1) is 11.7. The SMILES string of the molecule is CC(=O)OC[C@@H]1O[C@H](n2cc(CF)c(=O)[nH]c2=O)C(Br)C1OC(C)=O. The summed E-state index contributed by atoms with van der Waals surface area (Å²) in [6.07, 6.45) is -1.69. The molecule has 0 spiro atoms. The normalized spacial score (nSPS) is 25.6. The van der Waals surface area contributed by atoms with Gasteiger partial charge in [0.1, 0.15) is 25.5 Å². The highest BCUT2D eigenvalue weighted by atomic mass is 79.9. The first kappa shape index (κ1) is 19.3. The number of aromatic amines is 1. The summed E-state index contributed by atoms with van der Waals surface area (Å²) in [7, 11) is 0. The zero-order chi connectivity index (χ0) is 18.7. The number of alkyl halides is 2. The van der Waals surface area contributed by atoms with Gasteiger partial charge < -0.3 is 14.2 Å². The lowest BCUT2D eigenvalue weighted by Crippen LogP contribution is -2.38. The Labute approximate surface area is 149 Å². The van der Waals surface area contributed by atoms with Gasteiger partial charge in [-0.1, -0.05) is 15.9 Å². The van der Waals surface area contributed by atoms with Crippen LogP contribution >= 0.6 is 15.9 Å². The molecule has 2 heterocycles. The third kappa shape index (κ3) is 4.34. The van der Waals surface area contributed by atoms with Gasteiger partial charge in [-0.05, 0) is 0 Å². The highest BCUT2D eigenvalue weighted by molar-refractivity contribution is 9.09. The van der Waals surface area contributed by atoms with Gasteiger partial charge in [-0.2, -0.15) is 0 Å². The topological polar surface area (TPSA) is 117 Å². The van der Waals surface area contributed by atoms with E-state index in [1.807, 2.05) is 4.98 Å². The Morgan fingerprint density at radius 2 is 2.04 bits per heavy atom. The number of carbonyl (C=O) groups excluding carboxylic acids is 2. The first-order valence-corrected chi connectivity index (χ1v) is 8.16. The fourth-order valence-corrected chi connectivity index (χ4v) is 3.22. The van der Waals surface area contributed by atoms with E-state index in [0.29, 0.717) is 0 Å². The van der Waals surface area contributed by atoms with Crippen LogP contribution in [0.3, 0.4) is 0 Å².